The first-order chi connectivity index (χ1) is 11.0. The number of carbonyl (C=O) groups excluding carboxylic acids is 2. The average molecular weight is 318 g/mol. The Balaban J connectivity index is 2.05. The lowest BCUT2D eigenvalue weighted by atomic mass is 10.1. The summed E-state index contributed by atoms with van der Waals surface area (Å²) in [5.41, 5.74) is 1.59. The molecule has 1 fully saturated rings. The highest BCUT2D eigenvalue weighted by molar-refractivity contribution is 5.97. The zero-order valence-corrected chi connectivity index (χ0v) is 14.2. The molecular weight excluding hydrogens is 292 g/mol. The highest BCUT2D eigenvalue weighted by atomic mass is 16.2. The van der Waals surface area contributed by atoms with Crippen molar-refractivity contribution in [3.63, 3.8) is 0 Å². The highest BCUT2D eigenvalue weighted by Gasteiger charge is 2.22. The average Bonchev–Trinajstić information content (AvgIpc) is 2.59. The number of anilines is 1. The van der Waals surface area contributed by atoms with E-state index in [2.05, 4.69) is 5.32 Å². The topological polar surface area (TPSA) is 55.9 Å². The maximum Gasteiger partial charge on any atom is 0.254 e. The molecule has 23 heavy (non-hydrogen) atoms. The van der Waals surface area contributed by atoms with E-state index in [9.17, 15) is 9.59 Å². The van der Waals surface area contributed by atoms with E-state index in [1.807, 2.05) is 49.0 Å². The second kappa shape index (κ2) is 7.97. The van der Waals surface area contributed by atoms with Gasteiger partial charge in [-0.05, 0) is 25.1 Å². The van der Waals surface area contributed by atoms with Gasteiger partial charge in [-0.2, -0.15) is 0 Å². The number of amides is 2. The van der Waals surface area contributed by atoms with Crippen LogP contribution in [0.3, 0.4) is 0 Å². The molecule has 0 bridgehead atoms. The van der Waals surface area contributed by atoms with Crippen LogP contribution in [0.15, 0.2) is 24.3 Å². The van der Waals surface area contributed by atoms with E-state index in [0.717, 1.165) is 18.8 Å². The van der Waals surface area contributed by atoms with Gasteiger partial charge < -0.3 is 20.0 Å². The van der Waals surface area contributed by atoms with Crippen molar-refractivity contribution in [2.45, 2.75) is 6.92 Å². The molecule has 1 aromatic rings. The number of carbonyl (C=O) groups is 2. The van der Waals surface area contributed by atoms with Gasteiger partial charge in [0.15, 0.2) is 0 Å². The van der Waals surface area contributed by atoms with Crippen molar-refractivity contribution in [1.82, 2.24) is 15.1 Å². The van der Waals surface area contributed by atoms with E-state index in [0.29, 0.717) is 25.2 Å². The van der Waals surface area contributed by atoms with Crippen LogP contribution in [-0.2, 0) is 4.79 Å². The second-order valence-corrected chi connectivity index (χ2v) is 5.89. The summed E-state index contributed by atoms with van der Waals surface area (Å²) in [6.45, 7) is 5.61. The Kier molecular flexibility index (Phi) is 5.98. The van der Waals surface area contributed by atoms with Crippen molar-refractivity contribution in [2.75, 3.05) is 58.3 Å². The Hall–Kier alpha value is -2.08. The van der Waals surface area contributed by atoms with Gasteiger partial charge in [-0.1, -0.05) is 6.07 Å². The number of piperazine rings is 1. The maximum atomic E-state index is 12.7. The lowest BCUT2D eigenvalue weighted by molar-refractivity contribution is -0.132. The molecule has 0 aromatic heterocycles. The number of hydrogen-bond acceptors (Lipinski definition) is 4. The Bertz CT molecular complexity index is 553. The Morgan fingerprint density at radius 2 is 1.91 bits per heavy atom. The molecule has 0 saturated carbocycles. The molecule has 1 saturated heterocycles. The van der Waals surface area contributed by atoms with Gasteiger partial charge >= 0.3 is 0 Å². The third-order valence-electron chi connectivity index (χ3n) is 4.07. The summed E-state index contributed by atoms with van der Waals surface area (Å²) in [7, 11) is 3.88. The summed E-state index contributed by atoms with van der Waals surface area (Å²) in [5.74, 6) is -0.0786. The third-order valence-corrected chi connectivity index (χ3v) is 4.07. The minimum atomic E-state index is -0.0975. The van der Waals surface area contributed by atoms with Crippen LogP contribution in [0.25, 0.3) is 0 Å². The molecule has 1 heterocycles. The van der Waals surface area contributed by atoms with E-state index in [1.54, 1.807) is 11.0 Å². The van der Waals surface area contributed by atoms with Gasteiger partial charge in [0, 0.05) is 58.1 Å². The summed E-state index contributed by atoms with van der Waals surface area (Å²) in [6.07, 6.45) is 0. The molecule has 0 spiro atoms. The third kappa shape index (κ3) is 4.45. The molecule has 6 nitrogen and oxygen atoms in total. The molecule has 1 aromatic carbocycles. The molecule has 1 aliphatic heterocycles. The van der Waals surface area contributed by atoms with E-state index in [4.69, 9.17) is 0 Å². The van der Waals surface area contributed by atoms with Crippen molar-refractivity contribution in [3.05, 3.63) is 29.8 Å². The van der Waals surface area contributed by atoms with Crippen molar-refractivity contribution < 1.29 is 9.59 Å². The van der Waals surface area contributed by atoms with Crippen LogP contribution >= 0.6 is 0 Å². The normalized spacial score (nSPS) is 14.5. The van der Waals surface area contributed by atoms with Gasteiger partial charge in [0.2, 0.25) is 5.91 Å². The molecule has 0 unspecified atom stereocenters. The molecule has 126 valence electrons. The number of likely N-dealkylation sites (N-methyl/N-ethyl adjacent to an activating group) is 1. The largest absolute Gasteiger partial charge is 0.378 e. The Labute approximate surface area is 138 Å². The first-order valence-electron chi connectivity index (χ1n) is 8.08. The van der Waals surface area contributed by atoms with Crippen LogP contribution in [0.1, 0.15) is 17.3 Å². The van der Waals surface area contributed by atoms with Crippen LogP contribution in [0.4, 0.5) is 5.69 Å². The monoisotopic (exact) mass is 318 g/mol. The molecule has 6 heteroatoms. The van der Waals surface area contributed by atoms with E-state index in [-0.39, 0.29) is 18.4 Å². The molecule has 2 amide bonds. The first-order valence-corrected chi connectivity index (χ1v) is 8.08. The molecule has 1 N–H and O–H groups in total. The Morgan fingerprint density at radius 1 is 1.22 bits per heavy atom. The summed E-state index contributed by atoms with van der Waals surface area (Å²) in [5, 5.41) is 3.22. The summed E-state index contributed by atoms with van der Waals surface area (Å²) in [4.78, 5) is 30.5. The molecule has 1 aliphatic rings. The van der Waals surface area contributed by atoms with Crippen LogP contribution in [0.5, 0.6) is 0 Å². The van der Waals surface area contributed by atoms with Crippen LogP contribution < -0.4 is 10.2 Å². The minimum Gasteiger partial charge on any atom is -0.378 e. The fourth-order valence-corrected chi connectivity index (χ4v) is 2.60. The maximum absolute atomic E-state index is 12.7. The molecular formula is C17H26N4O2. The van der Waals surface area contributed by atoms with Crippen molar-refractivity contribution >= 4 is 17.5 Å². The van der Waals surface area contributed by atoms with E-state index < -0.39 is 0 Å². The molecule has 2 rings (SSSR count). The van der Waals surface area contributed by atoms with Gasteiger partial charge in [-0.25, -0.2) is 0 Å². The lowest BCUT2D eigenvalue weighted by Crippen LogP contribution is -2.50. The fourth-order valence-electron chi connectivity index (χ4n) is 2.60. The van der Waals surface area contributed by atoms with Crippen LogP contribution in [0, 0.1) is 0 Å². The molecule has 0 atom stereocenters. The quantitative estimate of drug-likeness (QED) is 0.866. The smallest absolute Gasteiger partial charge is 0.254 e. The SMILES string of the molecule is CCN(CC(=O)N1CCNCC1)C(=O)c1cccc(N(C)C)c1. The Morgan fingerprint density at radius 3 is 2.52 bits per heavy atom. The highest BCUT2D eigenvalue weighted by Crippen LogP contribution is 2.15. The van der Waals surface area contributed by atoms with Gasteiger partial charge in [0.05, 0.1) is 0 Å². The number of rotatable bonds is 5. The number of nitrogens with one attached hydrogen (secondary N) is 1. The number of benzene rings is 1. The van der Waals surface area contributed by atoms with E-state index >= 15 is 0 Å². The predicted octanol–water partition coefficient (Wildman–Crippen LogP) is 0.647. The summed E-state index contributed by atoms with van der Waals surface area (Å²) < 4.78 is 0. The summed E-state index contributed by atoms with van der Waals surface area (Å²) in [6, 6.07) is 7.49. The van der Waals surface area contributed by atoms with Gasteiger partial charge in [0.1, 0.15) is 6.54 Å². The van der Waals surface area contributed by atoms with Crippen molar-refractivity contribution in [2.24, 2.45) is 0 Å². The first kappa shape index (κ1) is 17.3. The van der Waals surface area contributed by atoms with Crippen LogP contribution in [-0.4, -0.2) is 75.0 Å². The molecule has 0 aliphatic carbocycles. The van der Waals surface area contributed by atoms with Crippen molar-refractivity contribution in [3.8, 4) is 0 Å². The minimum absolute atomic E-state index is 0.0189. The lowest BCUT2D eigenvalue weighted by Gasteiger charge is -2.30. The predicted molar refractivity (Wildman–Crippen MR) is 91.8 cm³/mol. The van der Waals surface area contributed by atoms with E-state index in [1.165, 1.54) is 0 Å². The second-order valence-electron chi connectivity index (χ2n) is 5.89. The van der Waals surface area contributed by atoms with Crippen LogP contribution in [0.2, 0.25) is 0 Å². The number of nitrogens with zero attached hydrogens (tertiary/aromatic N) is 3. The van der Waals surface area contributed by atoms with Crippen molar-refractivity contribution in [1.29, 1.82) is 0 Å². The summed E-state index contributed by atoms with van der Waals surface area (Å²) >= 11 is 0. The standard InChI is InChI=1S/C17H26N4O2/c1-4-20(13-16(22)21-10-8-18-9-11-21)17(23)14-6-5-7-15(12-14)19(2)3/h5-7,12,18H,4,8-11,13H2,1-3H3. The molecule has 0 radical (unpaired) electrons. The zero-order chi connectivity index (χ0) is 16.8. The van der Waals surface area contributed by atoms with Gasteiger partial charge in [0.25, 0.3) is 5.91 Å². The fraction of sp³-hybridized carbons (Fsp3) is 0.529. The van der Waals surface area contributed by atoms with Gasteiger partial charge in [-0.3, -0.25) is 9.59 Å². The zero-order valence-electron chi connectivity index (χ0n) is 14.2. The van der Waals surface area contributed by atoms with Gasteiger partial charge in [-0.15, -0.1) is 0 Å². The number of hydrogen-bond donors (Lipinski definition) is 1.